The summed E-state index contributed by atoms with van der Waals surface area (Å²) in [6, 6.07) is 5.65. The number of allylic oxidation sites excluding steroid dienone is 1. The lowest BCUT2D eigenvalue weighted by molar-refractivity contribution is 0.722. The SMILES string of the molecule is CC/C=C/c1ncc(Nc2cc(C#CCCC)[nH]n2)nc1N(C)C(C)c1cccnc1Cl. The van der Waals surface area contributed by atoms with Gasteiger partial charge in [0.2, 0.25) is 0 Å². The predicted molar refractivity (Wildman–Crippen MR) is 131 cm³/mol. The zero-order chi connectivity index (χ0) is 22.9. The number of H-pyrrole nitrogens is 1. The standard InChI is InChI=1S/C24H28ClN7/c1-5-7-9-11-18-15-21(31-30-18)28-22-16-27-20(13-8-6-2)24(29-22)32(4)17(3)19-12-10-14-26-23(19)25/h8,10,12-17H,5-7H2,1-4H3,(H2,28,29,30,31)/b13-8+. The molecular formula is C24H28ClN7. The van der Waals surface area contributed by atoms with Crippen molar-refractivity contribution >= 4 is 35.1 Å². The third kappa shape index (κ3) is 5.86. The van der Waals surface area contributed by atoms with E-state index in [4.69, 9.17) is 16.6 Å². The van der Waals surface area contributed by atoms with Crippen molar-refractivity contribution in [1.29, 1.82) is 0 Å². The van der Waals surface area contributed by atoms with Crippen molar-refractivity contribution in [2.24, 2.45) is 0 Å². The first kappa shape index (κ1) is 23.3. The highest BCUT2D eigenvalue weighted by Gasteiger charge is 2.20. The van der Waals surface area contributed by atoms with Crippen molar-refractivity contribution in [3.63, 3.8) is 0 Å². The lowest BCUT2D eigenvalue weighted by Gasteiger charge is -2.28. The van der Waals surface area contributed by atoms with Gasteiger partial charge in [0.05, 0.1) is 12.2 Å². The maximum atomic E-state index is 6.34. The van der Waals surface area contributed by atoms with E-state index < -0.39 is 0 Å². The number of hydrogen-bond acceptors (Lipinski definition) is 6. The molecule has 3 aromatic rings. The first-order valence-electron chi connectivity index (χ1n) is 10.7. The van der Waals surface area contributed by atoms with Crippen LogP contribution in [-0.2, 0) is 0 Å². The number of rotatable bonds is 8. The van der Waals surface area contributed by atoms with Gasteiger partial charge in [-0.05, 0) is 37.8 Å². The van der Waals surface area contributed by atoms with E-state index in [9.17, 15) is 0 Å². The second-order valence-corrected chi connectivity index (χ2v) is 7.65. The summed E-state index contributed by atoms with van der Waals surface area (Å²) in [6.07, 6.45) is 10.2. The molecule has 8 heteroatoms. The third-order valence-electron chi connectivity index (χ3n) is 4.88. The fraction of sp³-hybridized carbons (Fsp3) is 0.333. The van der Waals surface area contributed by atoms with E-state index >= 15 is 0 Å². The summed E-state index contributed by atoms with van der Waals surface area (Å²) in [5, 5.41) is 10.9. The number of nitrogens with zero attached hydrogens (tertiary/aromatic N) is 5. The minimum absolute atomic E-state index is 0.0552. The molecule has 0 radical (unpaired) electrons. The quantitative estimate of drug-likeness (QED) is 0.336. The molecule has 0 fully saturated rings. The summed E-state index contributed by atoms with van der Waals surface area (Å²) in [7, 11) is 1.97. The molecule has 0 aliphatic heterocycles. The molecule has 0 aromatic carbocycles. The van der Waals surface area contributed by atoms with Crippen LogP contribution in [0.1, 0.15) is 63.0 Å². The van der Waals surface area contributed by atoms with Gasteiger partial charge in [0.15, 0.2) is 17.5 Å². The van der Waals surface area contributed by atoms with Crippen molar-refractivity contribution in [2.45, 2.75) is 46.1 Å². The van der Waals surface area contributed by atoms with E-state index in [2.05, 4.69) is 64.2 Å². The van der Waals surface area contributed by atoms with Crippen LogP contribution in [-0.4, -0.2) is 32.2 Å². The molecule has 2 N–H and O–H groups in total. The lowest BCUT2D eigenvalue weighted by atomic mass is 10.1. The molecule has 1 atom stereocenters. The normalized spacial score (nSPS) is 11.8. The van der Waals surface area contributed by atoms with E-state index in [1.165, 1.54) is 0 Å². The molecule has 0 saturated carbocycles. The average molecular weight is 450 g/mol. The Kier molecular flexibility index (Phi) is 8.23. The number of anilines is 3. The van der Waals surface area contributed by atoms with Crippen molar-refractivity contribution in [3.05, 3.63) is 58.8 Å². The first-order valence-corrected chi connectivity index (χ1v) is 11.1. The number of nitrogens with one attached hydrogen (secondary N) is 2. The Morgan fingerprint density at radius 2 is 2.12 bits per heavy atom. The molecule has 0 bridgehead atoms. The van der Waals surface area contributed by atoms with E-state index in [0.29, 0.717) is 16.8 Å². The number of pyridine rings is 1. The summed E-state index contributed by atoms with van der Waals surface area (Å²) in [5.74, 6) is 8.13. The van der Waals surface area contributed by atoms with Gasteiger partial charge in [-0.15, -0.1) is 0 Å². The Morgan fingerprint density at radius 1 is 1.28 bits per heavy atom. The van der Waals surface area contributed by atoms with Gasteiger partial charge in [0.25, 0.3) is 0 Å². The van der Waals surface area contributed by atoms with Gasteiger partial charge >= 0.3 is 0 Å². The Bertz CT molecular complexity index is 1130. The highest BCUT2D eigenvalue weighted by molar-refractivity contribution is 6.30. The zero-order valence-corrected chi connectivity index (χ0v) is 19.6. The van der Waals surface area contributed by atoms with Gasteiger partial charge in [0, 0.05) is 31.3 Å². The average Bonchev–Trinajstić information content (AvgIpc) is 3.24. The monoisotopic (exact) mass is 449 g/mol. The molecule has 1 unspecified atom stereocenters. The Hall–Kier alpha value is -3.37. The number of halogens is 1. The van der Waals surface area contributed by atoms with Crippen LogP contribution in [0.2, 0.25) is 5.15 Å². The second kappa shape index (κ2) is 11.3. The highest BCUT2D eigenvalue weighted by Crippen LogP contribution is 2.30. The van der Waals surface area contributed by atoms with Crippen molar-refractivity contribution in [1.82, 2.24) is 25.1 Å². The predicted octanol–water partition coefficient (Wildman–Crippen LogP) is 5.76. The molecule has 32 heavy (non-hydrogen) atoms. The van der Waals surface area contributed by atoms with E-state index in [1.54, 1.807) is 12.4 Å². The summed E-state index contributed by atoms with van der Waals surface area (Å²) in [4.78, 5) is 15.7. The van der Waals surface area contributed by atoms with Crippen LogP contribution >= 0.6 is 11.6 Å². The van der Waals surface area contributed by atoms with Gasteiger partial charge in [0.1, 0.15) is 16.5 Å². The number of aromatic amines is 1. The van der Waals surface area contributed by atoms with Gasteiger partial charge in [-0.25, -0.2) is 15.0 Å². The van der Waals surface area contributed by atoms with Crippen molar-refractivity contribution in [2.75, 3.05) is 17.3 Å². The van der Waals surface area contributed by atoms with Crippen LogP contribution in [0.25, 0.3) is 6.08 Å². The fourth-order valence-corrected chi connectivity index (χ4v) is 3.30. The van der Waals surface area contributed by atoms with Gasteiger partial charge < -0.3 is 10.2 Å². The highest BCUT2D eigenvalue weighted by atomic mass is 35.5. The molecule has 0 amide bonds. The van der Waals surface area contributed by atoms with Gasteiger partial charge in [-0.3, -0.25) is 5.10 Å². The largest absolute Gasteiger partial charge is 0.351 e. The van der Waals surface area contributed by atoms with E-state index in [0.717, 1.165) is 42.0 Å². The molecule has 3 heterocycles. The van der Waals surface area contributed by atoms with Crippen molar-refractivity contribution in [3.8, 4) is 11.8 Å². The molecule has 0 aliphatic carbocycles. The minimum atomic E-state index is -0.0552. The van der Waals surface area contributed by atoms with Crippen LogP contribution < -0.4 is 10.2 Å². The van der Waals surface area contributed by atoms with Crippen LogP contribution in [0.3, 0.4) is 0 Å². The topological polar surface area (TPSA) is 82.6 Å². The molecular weight excluding hydrogens is 422 g/mol. The van der Waals surface area contributed by atoms with E-state index in [-0.39, 0.29) is 6.04 Å². The van der Waals surface area contributed by atoms with Crippen LogP contribution in [0.4, 0.5) is 17.5 Å². The fourth-order valence-electron chi connectivity index (χ4n) is 3.02. The minimum Gasteiger partial charge on any atom is -0.351 e. The van der Waals surface area contributed by atoms with Crippen molar-refractivity contribution < 1.29 is 0 Å². The number of hydrogen-bond donors (Lipinski definition) is 2. The second-order valence-electron chi connectivity index (χ2n) is 7.29. The lowest BCUT2D eigenvalue weighted by Crippen LogP contribution is -2.24. The molecule has 3 aromatic heterocycles. The summed E-state index contributed by atoms with van der Waals surface area (Å²) in [6.45, 7) is 6.25. The molecule has 166 valence electrons. The first-order chi connectivity index (χ1) is 15.5. The number of aromatic nitrogens is 5. The summed E-state index contributed by atoms with van der Waals surface area (Å²) >= 11 is 6.34. The van der Waals surface area contributed by atoms with Crippen LogP contribution in [0.15, 0.2) is 36.7 Å². The van der Waals surface area contributed by atoms with E-state index in [1.807, 2.05) is 36.2 Å². The van der Waals surface area contributed by atoms with Crippen LogP contribution in [0.5, 0.6) is 0 Å². The summed E-state index contributed by atoms with van der Waals surface area (Å²) in [5.41, 5.74) is 2.46. The maximum absolute atomic E-state index is 6.34. The van der Waals surface area contributed by atoms with Crippen LogP contribution in [0, 0.1) is 11.8 Å². The summed E-state index contributed by atoms with van der Waals surface area (Å²) < 4.78 is 0. The molecule has 0 aliphatic rings. The Balaban J connectivity index is 1.89. The molecule has 0 spiro atoms. The molecule has 7 nitrogen and oxygen atoms in total. The maximum Gasteiger partial charge on any atom is 0.157 e. The third-order valence-corrected chi connectivity index (χ3v) is 5.19. The number of unbranched alkanes of at least 4 members (excludes halogenated alkanes) is 1. The Morgan fingerprint density at radius 3 is 2.88 bits per heavy atom. The Labute approximate surface area is 194 Å². The smallest absolute Gasteiger partial charge is 0.157 e. The molecule has 0 saturated heterocycles. The van der Waals surface area contributed by atoms with Gasteiger partial charge in [-0.1, -0.05) is 43.5 Å². The molecule has 3 rings (SSSR count). The zero-order valence-electron chi connectivity index (χ0n) is 18.9. The van der Waals surface area contributed by atoms with Gasteiger partial charge in [-0.2, -0.15) is 5.10 Å².